The maximum absolute atomic E-state index is 12.4. The summed E-state index contributed by atoms with van der Waals surface area (Å²) in [6, 6.07) is 10.6. The van der Waals surface area contributed by atoms with Crippen LogP contribution < -0.4 is 0 Å². The molecule has 2 aromatic heterocycles. The lowest BCUT2D eigenvalue weighted by molar-refractivity contribution is 0.564. The summed E-state index contributed by atoms with van der Waals surface area (Å²) < 4.78 is 26.4. The van der Waals surface area contributed by atoms with Crippen molar-refractivity contribution >= 4 is 9.84 Å². The Hall–Kier alpha value is -2.61. The fourth-order valence-corrected chi connectivity index (χ4v) is 3.79. The largest absolute Gasteiger partial charge is 0.265 e. The predicted molar refractivity (Wildman–Crippen MR) is 88.9 cm³/mol. The van der Waals surface area contributed by atoms with Gasteiger partial charge in [-0.1, -0.05) is 12.1 Å². The van der Waals surface area contributed by atoms with Gasteiger partial charge in [0.1, 0.15) is 0 Å². The fraction of sp³-hybridized carbons (Fsp3) is 0.250. The van der Waals surface area contributed by atoms with Gasteiger partial charge < -0.3 is 0 Å². The SMILES string of the molecule is Cc1cccc(S(=O)(=O)CCCn2nnnc2-c2ccncc2)c1. The van der Waals surface area contributed by atoms with Crippen molar-refractivity contribution in [1.82, 2.24) is 25.2 Å². The summed E-state index contributed by atoms with van der Waals surface area (Å²) in [6.07, 6.45) is 3.76. The highest BCUT2D eigenvalue weighted by Crippen LogP contribution is 2.16. The molecule has 0 amide bonds. The lowest BCUT2D eigenvalue weighted by Crippen LogP contribution is -2.11. The first-order chi connectivity index (χ1) is 11.6. The molecular weight excluding hydrogens is 326 g/mol. The number of pyridine rings is 1. The zero-order valence-corrected chi connectivity index (χ0v) is 14.0. The first kappa shape index (κ1) is 16.3. The Morgan fingerprint density at radius 3 is 2.67 bits per heavy atom. The molecule has 0 aliphatic rings. The van der Waals surface area contributed by atoms with Crippen LogP contribution in [0.3, 0.4) is 0 Å². The van der Waals surface area contributed by atoms with Crippen molar-refractivity contribution in [2.45, 2.75) is 24.8 Å². The normalized spacial score (nSPS) is 11.5. The molecule has 0 radical (unpaired) electrons. The molecule has 1 aromatic carbocycles. The van der Waals surface area contributed by atoms with Crippen LogP contribution in [0.5, 0.6) is 0 Å². The van der Waals surface area contributed by atoms with Gasteiger partial charge in [0.15, 0.2) is 15.7 Å². The van der Waals surface area contributed by atoms with Gasteiger partial charge in [0.25, 0.3) is 0 Å². The molecule has 0 aliphatic heterocycles. The van der Waals surface area contributed by atoms with E-state index in [0.29, 0.717) is 23.7 Å². The molecule has 0 aliphatic carbocycles. The predicted octanol–water partition coefficient (Wildman–Crippen LogP) is 1.91. The zero-order valence-electron chi connectivity index (χ0n) is 13.2. The third-order valence-corrected chi connectivity index (χ3v) is 5.40. The number of hydrogen-bond acceptors (Lipinski definition) is 6. The number of hydrogen-bond donors (Lipinski definition) is 0. The Morgan fingerprint density at radius 1 is 1.12 bits per heavy atom. The average Bonchev–Trinajstić information content (AvgIpc) is 3.04. The van der Waals surface area contributed by atoms with E-state index in [1.165, 1.54) is 0 Å². The first-order valence-corrected chi connectivity index (χ1v) is 9.17. The van der Waals surface area contributed by atoms with E-state index in [0.717, 1.165) is 11.1 Å². The number of aromatic nitrogens is 5. The highest BCUT2D eigenvalue weighted by Gasteiger charge is 2.15. The number of sulfone groups is 1. The number of aryl methyl sites for hydroxylation is 2. The molecule has 3 aromatic rings. The number of benzene rings is 1. The molecule has 0 saturated heterocycles. The van der Waals surface area contributed by atoms with E-state index in [1.807, 2.05) is 25.1 Å². The van der Waals surface area contributed by atoms with Crippen LogP contribution in [0.4, 0.5) is 0 Å². The molecule has 24 heavy (non-hydrogen) atoms. The second-order valence-corrected chi connectivity index (χ2v) is 7.56. The quantitative estimate of drug-likeness (QED) is 0.679. The smallest absolute Gasteiger partial charge is 0.182 e. The van der Waals surface area contributed by atoms with Gasteiger partial charge in [0.05, 0.1) is 10.6 Å². The van der Waals surface area contributed by atoms with E-state index in [2.05, 4.69) is 20.5 Å². The molecule has 2 heterocycles. The summed E-state index contributed by atoms with van der Waals surface area (Å²) in [5.74, 6) is 0.650. The van der Waals surface area contributed by atoms with Crippen LogP contribution in [-0.4, -0.2) is 39.4 Å². The highest BCUT2D eigenvalue weighted by atomic mass is 32.2. The van der Waals surface area contributed by atoms with E-state index < -0.39 is 9.84 Å². The lowest BCUT2D eigenvalue weighted by atomic mass is 10.2. The van der Waals surface area contributed by atoms with Crippen LogP contribution in [-0.2, 0) is 16.4 Å². The Labute approximate surface area is 140 Å². The molecule has 0 spiro atoms. The van der Waals surface area contributed by atoms with Crippen LogP contribution in [0.1, 0.15) is 12.0 Å². The van der Waals surface area contributed by atoms with E-state index >= 15 is 0 Å². The van der Waals surface area contributed by atoms with Gasteiger partial charge in [-0.25, -0.2) is 13.1 Å². The highest BCUT2D eigenvalue weighted by molar-refractivity contribution is 7.91. The molecule has 8 heteroatoms. The zero-order chi connectivity index (χ0) is 17.0. The Kier molecular flexibility index (Phi) is 4.66. The Bertz CT molecular complexity index is 922. The molecule has 0 unspecified atom stereocenters. The van der Waals surface area contributed by atoms with Crippen molar-refractivity contribution in [1.29, 1.82) is 0 Å². The van der Waals surface area contributed by atoms with Crippen molar-refractivity contribution in [2.75, 3.05) is 5.75 Å². The molecule has 0 fully saturated rings. The van der Waals surface area contributed by atoms with Gasteiger partial charge in [-0.05, 0) is 53.6 Å². The van der Waals surface area contributed by atoms with Gasteiger partial charge >= 0.3 is 0 Å². The molecule has 0 atom stereocenters. The molecule has 0 saturated carbocycles. The fourth-order valence-electron chi connectivity index (χ4n) is 2.39. The van der Waals surface area contributed by atoms with Crippen LogP contribution in [0.2, 0.25) is 0 Å². The third kappa shape index (κ3) is 3.65. The van der Waals surface area contributed by atoms with Gasteiger partial charge in [-0.15, -0.1) is 5.10 Å². The van der Waals surface area contributed by atoms with Gasteiger partial charge in [0.2, 0.25) is 0 Å². The molecule has 3 rings (SSSR count). The van der Waals surface area contributed by atoms with Gasteiger partial charge in [0, 0.05) is 24.5 Å². The van der Waals surface area contributed by atoms with Crippen molar-refractivity contribution < 1.29 is 8.42 Å². The minimum atomic E-state index is -3.31. The van der Waals surface area contributed by atoms with Crippen molar-refractivity contribution in [2.24, 2.45) is 0 Å². The van der Waals surface area contributed by atoms with Crippen molar-refractivity contribution in [3.8, 4) is 11.4 Å². The van der Waals surface area contributed by atoms with Crippen LogP contribution in [0, 0.1) is 6.92 Å². The van der Waals surface area contributed by atoms with Crippen LogP contribution >= 0.6 is 0 Å². The number of nitrogens with zero attached hydrogens (tertiary/aromatic N) is 5. The van der Waals surface area contributed by atoms with E-state index in [4.69, 9.17) is 0 Å². The monoisotopic (exact) mass is 343 g/mol. The Morgan fingerprint density at radius 2 is 1.92 bits per heavy atom. The third-order valence-electron chi connectivity index (χ3n) is 3.60. The summed E-state index contributed by atoms with van der Waals surface area (Å²) in [5, 5.41) is 11.6. The summed E-state index contributed by atoms with van der Waals surface area (Å²) in [5.41, 5.74) is 1.77. The van der Waals surface area contributed by atoms with Crippen LogP contribution in [0.25, 0.3) is 11.4 Å². The summed E-state index contributed by atoms with van der Waals surface area (Å²) in [7, 11) is -3.31. The molecule has 0 N–H and O–H groups in total. The average molecular weight is 343 g/mol. The minimum absolute atomic E-state index is 0.0477. The van der Waals surface area contributed by atoms with E-state index in [1.54, 1.807) is 35.3 Å². The van der Waals surface area contributed by atoms with Crippen molar-refractivity contribution in [3.05, 3.63) is 54.4 Å². The second-order valence-electron chi connectivity index (χ2n) is 5.45. The molecule has 124 valence electrons. The summed E-state index contributed by atoms with van der Waals surface area (Å²) in [4.78, 5) is 4.32. The molecule has 7 nitrogen and oxygen atoms in total. The lowest BCUT2D eigenvalue weighted by Gasteiger charge is -2.07. The van der Waals surface area contributed by atoms with Crippen LogP contribution in [0.15, 0.2) is 53.7 Å². The maximum atomic E-state index is 12.4. The topological polar surface area (TPSA) is 90.6 Å². The second kappa shape index (κ2) is 6.88. The van der Waals surface area contributed by atoms with Gasteiger partial charge in [-0.3, -0.25) is 4.98 Å². The summed E-state index contributed by atoms with van der Waals surface area (Å²) in [6.45, 7) is 2.30. The van der Waals surface area contributed by atoms with Crippen molar-refractivity contribution in [3.63, 3.8) is 0 Å². The standard InChI is InChI=1S/C16H17N5O2S/c1-13-4-2-5-15(12-13)24(22,23)11-3-10-21-16(18-19-20-21)14-6-8-17-9-7-14/h2,4-9,12H,3,10-11H2,1H3. The molecular formula is C16H17N5O2S. The maximum Gasteiger partial charge on any atom is 0.182 e. The summed E-state index contributed by atoms with van der Waals surface area (Å²) >= 11 is 0. The Balaban J connectivity index is 1.69. The number of tetrazole rings is 1. The molecule has 0 bridgehead atoms. The van der Waals surface area contributed by atoms with Gasteiger partial charge in [-0.2, -0.15) is 0 Å². The first-order valence-electron chi connectivity index (χ1n) is 7.52. The minimum Gasteiger partial charge on any atom is -0.265 e. The number of rotatable bonds is 6. The van der Waals surface area contributed by atoms with E-state index in [9.17, 15) is 8.42 Å². The van der Waals surface area contributed by atoms with E-state index in [-0.39, 0.29) is 5.75 Å².